The molecule has 4 N–H and O–H groups in total. The molecular weight excluding hydrogens is 472 g/mol. The number of benzene rings is 1. The molecule has 4 amide bonds. The second-order valence-corrected chi connectivity index (χ2v) is 10.1. The van der Waals surface area contributed by atoms with E-state index in [4.69, 9.17) is 16.9 Å². The fourth-order valence-electron chi connectivity index (χ4n) is 3.86. The smallest absolute Gasteiger partial charge is 0.408 e. The first kappa shape index (κ1) is 31.5. The monoisotopic (exact) mass is 514 g/mol. The maximum Gasteiger partial charge on any atom is 0.408 e. The third-order valence-electron chi connectivity index (χ3n) is 5.48. The van der Waals surface area contributed by atoms with Gasteiger partial charge in [0.1, 0.15) is 17.7 Å². The maximum atomic E-state index is 13.9. The Hall–Kier alpha value is -3.54. The molecule has 1 aromatic carbocycles. The van der Waals surface area contributed by atoms with Gasteiger partial charge in [-0.05, 0) is 64.7 Å². The van der Waals surface area contributed by atoms with Crippen LogP contribution in [0.4, 0.5) is 4.79 Å². The van der Waals surface area contributed by atoms with Crippen molar-refractivity contribution < 1.29 is 23.9 Å². The lowest BCUT2D eigenvalue weighted by atomic mass is 9.99. The largest absolute Gasteiger partial charge is 0.444 e. The van der Waals surface area contributed by atoms with Gasteiger partial charge >= 0.3 is 6.09 Å². The number of nitrogens with zero attached hydrogens (tertiary/aromatic N) is 1. The van der Waals surface area contributed by atoms with Gasteiger partial charge < -0.3 is 26.0 Å². The highest BCUT2D eigenvalue weighted by atomic mass is 16.6. The van der Waals surface area contributed by atoms with E-state index in [1.807, 2.05) is 20.8 Å². The molecule has 1 aromatic rings. The second-order valence-electron chi connectivity index (χ2n) is 10.1. The highest BCUT2D eigenvalue weighted by molar-refractivity contribution is 5.92. The van der Waals surface area contributed by atoms with Crippen molar-refractivity contribution in [2.24, 2.45) is 5.73 Å². The molecule has 37 heavy (non-hydrogen) atoms. The van der Waals surface area contributed by atoms with E-state index in [2.05, 4.69) is 16.6 Å². The Morgan fingerprint density at radius 1 is 1.05 bits per heavy atom. The lowest BCUT2D eigenvalue weighted by molar-refractivity contribution is -0.143. The van der Waals surface area contributed by atoms with Crippen LogP contribution in [0.1, 0.15) is 90.8 Å². The van der Waals surface area contributed by atoms with E-state index in [0.717, 1.165) is 12.8 Å². The summed E-state index contributed by atoms with van der Waals surface area (Å²) in [5.74, 6) is 1.07. The van der Waals surface area contributed by atoms with Gasteiger partial charge in [-0.1, -0.05) is 38.3 Å². The van der Waals surface area contributed by atoms with Gasteiger partial charge in [0.2, 0.25) is 17.7 Å². The average Bonchev–Trinajstić information content (AvgIpc) is 2.80. The van der Waals surface area contributed by atoms with Gasteiger partial charge in [0, 0.05) is 24.6 Å². The Kier molecular flexibility index (Phi) is 12.7. The Bertz CT molecular complexity index is 962. The van der Waals surface area contributed by atoms with Gasteiger partial charge in [-0.2, -0.15) is 0 Å². The van der Waals surface area contributed by atoms with E-state index < -0.39 is 35.6 Å². The van der Waals surface area contributed by atoms with Gasteiger partial charge in [0.15, 0.2) is 0 Å². The number of hydrogen-bond donors (Lipinski definition) is 3. The lowest BCUT2D eigenvalue weighted by Gasteiger charge is -2.35. The molecule has 0 saturated heterocycles. The zero-order chi connectivity index (χ0) is 28.2. The van der Waals surface area contributed by atoms with Gasteiger partial charge in [-0.3, -0.25) is 14.4 Å². The number of carbonyl (C=O) groups is 4. The summed E-state index contributed by atoms with van der Waals surface area (Å²) in [7, 11) is 0. The molecule has 0 fully saturated rings. The summed E-state index contributed by atoms with van der Waals surface area (Å²) in [6.45, 7) is 11.2. The molecular formula is C28H42N4O5. The van der Waals surface area contributed by atoms with Gasteiger partial charge in [-0.15, -0.1) is 6.42 Å². The van der Waals surface area contributed by atoms with Crippen LogP contribution in [0.25, 0.3) is 0 Å². The van der Waals surface area contributed by atoms with Gasteiger partial charge in [-0.25, -0.2) is 4.79 Å². The minimum atomic E-state index is -1.12. The molecule has 0 aromatic heterocycles. The zero-order valence-corrected chi connectivity index (χ0v) is 22.9. The molecule has 204 valence electrons. The van der Waals surface area contributed by atoms with Crippen molar-refractivity contribution in [3.63, 3.8) is 0 Å². The Balaban J connectivity index is 3.46. The molecule has 9 nitrogen and oxygen atoms in total. The summed E-state index contributed by atoms with van der Waals surface area (Å²) < 4.78 is 5.33. The van der Waals surface area contributed by atoms with Crippen LogP contribution < -0.4 is 16.4 Å². The van der Waals surface area contributed by atoms with Crippen LogP contribution in [0.3, 0.4) is 0 Å². The van der Waals surface area contributed by atoms with E-state index >= 15 is 0 Å². The first-order valence-electron chi connectivity index (χ1n) is 12.8. The summed E-state index contributed by atoms with van der Waals surface area (Å²) in [6, 6.07) is 4.66. The number of alkyl carbamates (subject to hydrolysis) is 1. The summed E-state index contributed by atoms with van der Waals surface area (Å²) in [5.41, 5.74) is 5.76. The summed E-state index contributed by atoms with van der Waals surface area (Å²) in [5, 5.41) is 5.58. The van der Waals surface area contributed by atoms with Gasteiger partial charge in [0.05, 0.1) is 0 Å². The highest BCUT2D eigenvalue weighted by Gasteiger charge is 2.36. The van der Waals surface area contributed by atoms with E-state index in [1.54, 1.807) is 45.0 Å². The topological polar surface area (TPSA) is 131 Å². The number of ether oxygens (including phenoxy) is 1. The minimum absolute atomic E-state index is 0.0375. The average molecular weight is 515 g/mol. The van der Waals surface area contributed by atoms with Crippen LogP contribution in [-0.4, -0.2) is 52.9 Å². The van der Waals surface area contributed by atoms with Crippen LogP contribution in [0.5, 0.6) is 0 Å². The van der Waals surface area contributed by atoms with Crippen LogP contribution in [-0.2, 0) is 19.1 Å². The predicted molar refractivity (Wildman–Crippen MR) is 143 cm³/mol. The maximum absolute atomic E-state index is 13.9. The Morgan fingerprint density at radius 3 is 2.16 bits per heavy atom. The second kappa shape index (κ2) is 14.9. The van der Waals surface area contributed by atoms with Crippen molar-refractivity contribution in [3.05, 3.63) is 35.4 Å². The number of nitrogens with one attached hydrogen (secondary N) is 2. The number of primary amides is 1. The molecule has 3 atom stereocenters. The van der Waals surface area contributed by atoms with Crippen molar-refractivity contribution in [1.82, 2.24) is 15.5 Å². The molecule has 0 heterocycles. The van der Waals surface area contributed by atoms with Crippen molar-refractivity contribution in [1.29, 1.82) is 0 Å². The fraction of sp³-hybridized carbons (Fsp3) is 0.571. The number of nitrogens with two attached hydrogens (primary N) is 1. The third kappa shape index (κ3) is 10.9. The lowest BCUT2D eigenvalue weighted by Crippen LogP contribution is -2.54. The molecule has 1 rings (SSSR count). The van der Waals surface area contributed by atoms with E-state index in [1.165, 1.54) is 4.90 Å². The van der Waals surface area contributed by atoms with Crippen molar-refractivity contribution in [2.45, 2.75) is 97.4 Å². The third-order valence-corrected chi connectivity index (χ3v) is 5.48. The predicted octanol–water partition coefficient (Wildman–Crippen LogP) is 3.41. The molecule has 0 bridgehead atoms. The van der Waals surface area contributed by atoms with Crippen LogP contribution in [0.15, 0.2) is 24.3 Å². The summed E-state index contributed by atoms with van der Waals surface area (Å²) in [6.07, 6.45) is 6.74. The molecule has 0 saturated carbocycles. The zero-order valence-electron chi connectivity index (χ0n) is 22.9. The fourth-order valence-corrected chi connectivity index (χ4v) is 3.86. The molecule has 3 unspecified atom stereocenters. The molecule has 0 aliphatic rings. The number of amides is 4. The molecule has 0 spiro atoms. The summed E-state index contributed by atoms with van der Waals surface area (Å²) in [4.78, 5) is 53.0. The van der Waals surface area contributed by atoms with Crippen molar-refractivity contribution in [3.8, 4) is 12.3 Å². The SMILES string of the molecule is C#Cc1ccc(C(C(=O)NC(C)CCC)N(CCC)C(=O)C(CCC(N)=O)NC(=O)OC(C)(C)C)cc1. The first-order valence-corrected chi connectivity index (χ1v) is 12.8. The normalized spacial score (nSPS) is 13.4. The number of terminal acetylenes is 1. The molecule has 0 aliphatic heterocycles. The first-order chi connectivity index (χ1) is 17.3. The summed E-state index contributed by atoms with van der Waals surface area (Å²) >= 11 is 0. The standard InChI is InChI=1S/C28H42N4O5/c1-8-11-19(4)30-25(34)24(21-14-12-20(10-3)13-15-21)32(18-9-2)26(35)22(16-17-23(29)33)31-27(36)37-28(5,6)7/h3,12-15,19,22,24H,8-9,11,16-18H2,1-2,4-7H3,(H2,29,33)(H,30,34)(H,31,36). The van der Waals surface area contributed by atoms with Gasteiger partial charge in [0.25, 0.3) is 0 Å². The van der Waals surface area contributed by atoms with Crippen LogP contribution in [0, 0.1) is 12.3 Å². The molecule has 9 heteroatoms. The number of carbonyl (C=O) groups excluding carboxylic acids is 4. The van der Waals surface area contributed by atoms with Crippen molar-refractivity contribution in [2.75, 3.05) is 6.54 Å². The van der Waals surface area contributed by atoms with E-state index in [-0.39, 0.29) is 31.3 Å². The van der Waals surface area contributed by atoms with E-state index in [0.29, 0.717) is 17.5 Å². The Labute approximate surface area is 220 Å². The number of hydrogen-bond acceptors (Lipinski definition) is 5. The van der Waals surface area contributed by atoms with Crippen LogP contribution in [0.2, 0.25) is 0 Å². The molecule has 0 aliphatic carbocycles. The van der Waals surface area contributed by atoms with E-state index in [9.17, 15) is 19.2 Å². The van der Waals surface area contributed by atoms with Crippen LogP contribution >= 0.6 is 0 Å². The highest BCUT2D eigenvalue weighted by Crippen LogP contribution is 2.25. The quantitative estimate of drug-likeness (QED) is 0.347. The molecule has 0 radical (unpaired) electrons. The minimum Gasteiger partial charge on any atom is -0.444 e. The number of rotatable bonds is 13. The Morgan fingerprint density at radius 2 is 1.68 bits per heavy atom. The van der Waals surface area contributed by atoms with Crippen molar-refractivity contribution >= 4 is 23.8 Å².